The number of ketones is 1. The van der Waals surface area contributed by atoms with Crippen molar-refractivity contribution >= 4 is 11.8 Å². The molecule has 1 heterocycles. The fourth-order valence-electron chi connectivity index (χ4n) is 2.67. The molecule has 0 fully saturated rings. The Labute approximate surface area is 170 Å². The highest BCUT2D eigenvalue weighted by molar-refractivity contribution is 6.01. The molecule has 2 aromatic carbocycles. The molecule has 0 aliphatic carbocycles. The fraction of sp³-hybridized carbons (Fsp3) is 0.190. The summed E-state index contributed by atoms with van der Waals surface area (Å²) in [5.41, 5.74) is 0.811. The van der Waals surface area contributed by atoms with Crippen LogP contribution in [0, 0.1) is 0 Å². The number of carbonyl (C=O) groups excluding carboxylic acids is 2. The van der Waals surface area contributed by atoms with Crippen molar-refractivity contribution in [2.75, 3.05) is 7.11 Å². The average Bonchev–Trinajstić information content (AvgIpc) is 3.18. The van der Waals surface area contributed by atoms with Gasteiger partial charge in [0, 0.05) is 5.56 Å². The first kappa shape index (κ1) is 21.0. The Morgan fingerprint density at radius 3 is 2.30 bits per heavy atom. The first-order valence-electron chi connectivity index (χ1n) is 8.88. The van der Waals surface area contributed by atoms with Crippen LogP contribution in [0.15, 0.2) is 60.8 Å². The quantitative estimate of drug-likeness (QED) is 0.409. The van der Waals surface area contributed by atoms with Crippen LogP contribution in [0.2, 0.25) is 0 Å². The maximum Gasteiger partial charge on any atom is 0.387 e. The number of rotatable bonds is 8. The number of aromatic nitrogens is 2. The lowest BCUT2D eigenvalue weighted by Crippen LogP contribution is -2.25. The van der Waals surface area contributed by atoms with E-state index >= 15 is 0 Å². The first-order valence-corrected chi connectivity index (χ1v) is 8.88. The molecule has 3 rings (SSSR count). The number of ether oxygens (including phenoxy) is 3. The predicted molar refractivity (Wildman–Crippen MR) is 102 cm³/mol. The topological polar surface area (TPSA) is 79.7 Å². The van der Waals surface area contributed by atoms with Crippen molar-refractivity contribution in [3.8, 4) is 17.2 Å². The first-order chi connectivity index (χ1) is 14.4. The summed E-state index contributed by atoms with van der Waals surface area (Å²) in [4.78, 5) is 25.1. The average molecular weight is 416 g/mol. The monoisotopic (exact) mass is 416 g/mol. The molecule has 1 atom stereocenters. The van der Waals surface area contributed by atoms with Gasteiger partial charge >= 0.3 is 12.6 Å². The molecule has 0 unspecified atom stereocenters. The van der Waals surface area contributed by atoms with Crippen LogP contribution in [0.1, 0.15) is 27.8 Å². The van der Waals surface area contributed by atoms with E-state index in [2.05, 4.69) is 9.84 Å². The van der Waals surface area contributed by atoms with Gasteiger partial charge in [-0.15, -0.1) is 0 Å². The highest BCUT2D eigenvalue weighted by Crippen LogP contribution is 2.22. The van der Waals surface area contributed by atoms with E-state index in [-0.39, 0.29) is 22.8 Å². The minimum Gasteiger partial charge on any atom is -0.493 e. The Morgan fingerprint density at radius 2 is 1.70 bits per heavy atom. The van der Waals surface area contributed by atoms with Gasteiger partial charge < -0.3 is 14.2 Å². The number of methoxy groups -OCH3 is 1. The molecule has 1 aromatic heterocycles. The van der Waals surface area contributed by atoms with Crippen LogP contribution in [0.5, 0.6) is 11.5 Å². The summed E-state index contributed by atoms with van der Waals surface area (Å²) in [5, 5.41) is 4.19. The number of hydrogen-bond donors (Lipinski definition) is 0. The number of hydrogen-bond acceptors (Lipinski definition) is 6. The smallest absolute Gasteiger partial charge is 0.387 e. The molecule has 30 heavy (non-hydrogen) atoms. The summed E-state index contributed by atoms with van der Waals surface area (Å²) in [6.07, 6.45) is 0.395. The molecule has 7 nitrogen and oxygen atoms in total. The molecule has 0 bridgehead atoms. The molecular weight excluding hydrogens is 398 g/mol. The highest BCUT2D eigenvalue weighted by Gasteiger charge is 2.25. The van der Waals surface area contributed by atoms with E-state index in [9.17, 15) is 18.4 Å². The molecule has 0 amide bonds. The van der Waals surface area contributed by atoms with Crippen molar-refractivity contribution in [3.05, 3.63) is 72.1 Å². The van der Waals surface area contributed by atoms with Gasteiger partial charge in [0.05, 0.1) is 19.0 Å². The molecule has 9 heteroatoms. The van der Waals surface area contributed by atoms with Gasteiger partial charge in [0.15, 0.2) is 11.9 Å². The Morgan fingerprint density at radius 1 is 1.03 bits per heavy atom. The van der Waals surface area contributed by atoms with Crippen LogP contribution >= 0.6 is 0 Å². The SMILES string of the molecule is COc1cn(-c2ccccc2)nc1C(=O)O[C@@H](C)C(=O)c1ccc(OC(F)F)cc1. The largest absolute Gasteiger partial charge is 0.493 e. The lowest BCUT2D eigenvalue weighted by Gasteiger charge is -2.12. The van der Waals surface area contributed by atoms with Gasteiger partial charge in [-0.05, 0) is 43.3 Å². The molecule has 0 spiro atoms. The van der Waals surface area contributed by atoms with Crippen molar-refractivity contribution in [1.82, 2.24) is 9.78 Å². The van der Waals surface area contributed by atoms with Crippen LogP contribution in [-0.4, -0.2) is 41.4 Å². The van der Waals surface area contributed by atoms with Gasteiger partial charge in [-0.1, -0.05) is 18.2 Å². The lowest BCUT2D eigenvalue weighted by molar-refractivity contribution is -0.0498. The summed E-state index contributed by atoms with van der Waals surface area (Å²) in [6, 6.07) is 14.2. The zero-order valence-corrected chi connectivity index (χ0v) is 16.1. The normalized spacial score (nSPS) is 11.8. The van der Waals surface area contributed by atoms with E-state index in [0.717, 1.165) is 0 Å². The van der Waals surface area contributed by atoms with Crippen molar-refractivity contribution in [2.45, 2.75) is 19.6 Å². The van der Waals surface area contributed by atoms with Crippen LogP contribution in [0.3, 0.4) is 0 Å². The minimum absolute atomic E-state index is 0.0811. The zero-order chi connectivity index (χ0) is 21.7. The molecule has 156 valence electrons. The number of para-hydroxylation sites is 1. The van der Waals surface area contributed by atoms with E-state index < -0.39 is 24.5 Å². The van der Waals surface area contributed by atoms with Crippen LogP contribution in [0.25, 0.3) is 5.69 Å². The second-order valence-corrected chi connectivity index (χ2v) is 6.14. The number of benzene rings is 2. The molecule has 0 saturated heterocycles. The van der Waals surface area contributed by atoms with Gasteiger partial charge in [-0.3, -0.25) is 4.79 Å². The summed E-state index contributed by atoms with van der Waals surface area (Å²) < 4.78 is 40.6. The van der Waals surface area contributed by atoms with Gasteiger partial charge in [0.25, 0.3) is 0 Å². The summed E-state index contributed by atoms with van der Waals surface area (Å²) in [7, 11) is 1.39. The molecule has 3 aromatic rings. The molecule has 0 aliphatic rings. The molecule has 0 N–H and O–H groups in total. The van der Waals surface area contributed by atoms with E-state index in [0.29, 0.717) is 5.69 Å². The third-order valence-electron chi connectivity index (χ3n) is 4.13. The maximum absolute atomic E-state index is 12.6. The standard InChI is InChI=1S/C21H18F2N2O5/c1-13(19(26)14-8-10-16(11-9-14)30-21(22)23)29-20(27)18-17(28-2)12-25(24-18)15-6-4-3-5-7-15/h3-13,21H,1-2H3/t13-/m0/s1. The minimum atomic E-state index is -2.96. The second-order valence-electron chi connectivity index (χ2n) is 6.14. The highest BCUT2D eigenvalue weighted by atomic mass is 19.3. The second kappa shape index (κ2) is 9.17. The van der Waals surface area contributed by atoms with Crippen molar-refractivity contribution in [3.63, 3.8) is 0 Å². The van der Waals surface area contributed by atoms with Crippen molar-refractivity contribution in [1.29, 1.82) is 0 Å². The van der Waals surface area contributed by atoms with Crippen LogP contribution in [-0.2, 0) is 4.74 Å². The summed E-state index contributed by atoms with van der Waals surface area (Å²) in [5.74, 6) is -1.23. The number of carbonyl (C=O) groups is 2. The van der Waals surface area contributed by atoms with Crippen LogP contribution < -0.4 is 9.47 Å². The lowest BCUT2D eigenvalue weighted by atomic mass is 10.1. The Kier molecular flexibility index (Phi) is 6.41. The van der Waals surface area contributed by atoms with E-state index in [4.69, 9.17) is 9.47 Å². The fourth-order valence-corrected chi connectivity index (χ4v) is 2.67. The number of nitrogens with zero attached hydrogens (tertiary/aromatic N) is 2. The summed E-state index contributed by atoms with van der Waals surface area (Å²) in [6.45, 7) is -1.55. The number of halogens is 2. The van der Waals surface area contributed by atoms with Crippen molar-refractivity contribution < 1.29 is 32.6 Å². The van der Waals surface area contributed by atoms with E-state index in [1.807, 2.05) is 18.2 Å². The molecule has 0 radical (unpaired) electrons. The number of esters is 1. The molecule has 0 aliphatic heterocycles. The van der Waals surface area contributed by atoms with E-state index in [1.165, 1.54) is 49.2 Å². The van der Waals surface area contributed by atoms with Crippen molar-refractivity contribution in [2.24, 2.45) is 0 Å². The molecular formula is C21H18F2N2O5. The van der Waals surface area contributed by atoms with Crippen LogP contribution in [0.4, 0.5) is 8.78 Å². The number of Topliss-reactive ketones (excluding diaryl/α,β-unsaturated/α-hetero) is 1. The van der Waals surface area contributed by atoms with E-state index in [1.54, 1.807) is 12.1 Å². The summed E-state index contributed by atoms with van der Waals surface area (Å²) >= 11 is 0. The van der Waals surface area contributed by atoms with Gasteiger partial charge in [0.1, 0.15) is 5.75 Å². The third-order valence-corrected chi connectivity index (χ3v) is 4.13. The Bertz CT molecular complexity index is 1020. The number of alkyl halides is 2. The Balaban J connectivity index is 1.72. The van der Waals surface area contributed by atoms with Gasteiger partial charge in [0.2, 0.25) is 11.5 Å². The van der Waals surface area contributed by atoms with Gasteiger partial charge in [-0.2, -0.15) is 13.9 Å². The maximum atomic E-state index is 12.6. The Hall–Kier alpha value is -3.75. The van der Waals surface area contributed by atoms with Gasteiger partial charge in [-0.25, -0.2) is 9.48 Å². The third kappa shape index (κ3) is 4.80. The predicted octanol–water partition coefficient (Wildman–Crippen LogP) is 3.91. The molecule has 0 saturated carbocycles. The zero-order valence-electron chi connectivity index (χ0n) is 16.1.